The van der Waals surface area contributed by atoms with Crippen LogP contribution in [0, 0.1) is 0 Å². The lowest BCUT2D eigenvalue weighted by Crippen LogP contribution is -1.86. The molecule has 0 radical (unpaired) electrons. The lowest BCUT2D eigenvalue weighted by atomic mass is 10.3. The van der Waals surface area contributed by atoms with Crippen molar-refractivity contribution in [3.05, 3.63) is 21.6 Å². The van der Waals surface area contributed by atoms with Gasteiger partial charge in [0.05, 0.1) is 14.9 Å². The summed E-state index contributed by atoms with van der Waals surface area (Å²) in [6.45, 7) is 0. The van der Waals surface area contributed by atoms with E-state index in [2.05, 4.69) is 36.8 Å². The predicted molar refractivity (Wildman–Crippen MR) is 61.6 cm³/mol. The van der Waals surface area contributed by atoms with Gasteiger partial charge in [0.2, 0.25) is 5.88 Å². The van der Waals surface area contributed by atoms with Gasteiger partial charge in [0.25, 0.3) is 0 Å². The number of aromatic hydroxyl groups is 1. The third-order valence-electron chi connectivity index (χ3n) is 1.73. The van der Waals surface area contributed by atoms with E-state index < -0.39 is 0 Å². The summed E-state index contributed by atoms with van der Waals surface area (Å²) >= 11 is 8.27. The third-order valence-corrected chi connectivity index (χ3v) is 4.00. The van der Waals surface area contributed by atoms with E-state index in [1.165, 1.54) is 0 Å². The normalized spacial score (nSPS) is 10.9. The minimum absolute atomic E-state index is 0.0559. The molecule has 0 amide bonds. The van der Waals surface area contributed by atoms with Crippen LogP contribution in [0.3, 0.4) is 0 Å². The van der Waals surface area contributed by atoms with Gasteiger partial charge in [-0.2, -0.15) is 0 Å². The van der Waals surface area contributed by atoms with Gasteiger partial charge < -0.3 is 5.11 Å². The van der Waals surface area contributed by atoms with Crippen molar-refractivity contribution in [1.82, 2.24) is 4.98 Å². The van der Waals surface area contributed by atoms with Gasteiger partial charge in [0.15, 0.2) is 0 Å². The van der Waals surface area contributed by atoms with Crippen LogP contribution in [0.15, 0.2) is 15.9 Å². The Kier molecular flexibility index (Phi) is 2.58. The molecule has 0 aliphatic rings. The summed E-state index contributed by atoms with van der Waals surface area (Å²) in [6, 6.07) is 1.97. The summed E-state index contributed by atoms with van der Waals surface area (Å²) in [6.07, 6.45) is 0. The van der Waals surface area contributed by atoms with Crippen LogP contribution in [0.4, 0.5) is 0 Å². The Balaban J connectivity index is 2.87. The summed E-state index contributed by atoms with van der Waals surface area (Å²) in [5.74, 6) is 0.0559. The number of rotatable bonds is 1. The first kappa shape index (κ1) is 9.43. The fourth-order valence-corrected chi connectivity index (χ4v) is 3.18. The molecule has 2 heterocycles. The lowest BCUT2D eigenvalue weighted by Gasteiger charge is -2.01. The number of hydrogen-bond donors (Lipinski definition) is 1. The van der Waals surface area contributed by atoms with E-state index >= 15 is 0 Å². The molecular formula is C8H5Br2NOS. The highest BCUT2D eigenvalue weighted by molar-refractivity contribution is 9.10. The number of thiophene rings is 1. The molecule has 0 spiro atoms. The molecule has 2 aromatic rings. The van der Waals surface area contributed by atoms with Crippen LogP contribution >= 0.6 is 43.2 Å². The zero-order chi connectivity index (χ0) is 9.42. The smallest absolute Gasteiger partial charge is 0.226 e. The number of hydrogen-bond acceptors (Lipinski definition) is 3. The standard InChI is InChI=1S/C8H5Br2NOS/c9-3-5-7-4(1-2-13-7)6(10)8(12)11-5/h1-2H,3H2,(H,11,12). The van der Waals surface area contributed by atoms with E-state index in [0.717, 1.165) is 15.8 Å². The topological polar surface area (TPSA) is 33.1 Å². The number of nitrogens with zero attached hydrogens (tertiary/aromatic N) is 1. The summed E-state index contributed by atoms with van der Waals surface area (Å²) in [5.41, 5.74) is 0.880. The van der Waals surface area contributed by atoms with Gasteiger partial charge in [-0.3, -0.25) is 0 Å². The van der Waals surface area contributed by atoms with Gasteiger partial charge in [0, 0.05) is 10.7 Å². The molecule has 0 saturated heterocycles. The highest BCUT2D eigenvalue weighted by Crippen LogP contribution is 2.35. The van der Waals surface area contributed by atoms with Crippen LogP contribution in [-0.4, -0.2) is 10.1 Å². The maximum Gasteiger partial charge on any atom is 0.226 e. The van der Waals surface area contributed by atoms with Crippen LogP contribution in [0.1, 0.15) is 5.69 Å². The quantitative estimate of drug-likeness (QED) is 0.813. The first-order valence-corrected chi connectivity index (χ1v) is 6.34. The molecule has 1 N–H and O–H groups in total. The molecule has 0 fully saturated rings. The SMILES string of the molecule is Oc1nc(CBr)c2sccc2c1Br. The van der Waals surface area contributed by atoms with Crippen molar-refractivity contribution in [1.29, 1.82) is 0 Å². The molecule has 0 aliphatic heterocycles. The average Bonchev–Trinajstić information content (AvgIpc) is 2.60. The highest BCUT2D eigenvalue weighted by Gasteiger charge is 2.11. The predicted octanol–water partition coefficient (Wildman–Crippen LogP) is 3.66. The Labute approximate surface area is 95.9 Å². The van der Waals surface area contributed by atoms with Crippen LogP contribution in [0.25, 0.3) is 10.1 Å². The molecule has 2 nitrogen and oxygen atoms in total. The molecular weight excluding hydrogens is 318 g/mol. The van der Waals surface area contributed by atoms with Gasteiger partial charge in [-0.15, -0.1) is 11.3 Å². The molecule has 0 bridgehead atoms. The van der Waals surface area contributed by atoms with Crippen molar-refractivity contribution in [3.8, 4) is 5.88 Å². The Bertz CT molecular complexity index is 455. The Hall–Kier alpha value is -0.130. The largest absolute Gasteiger partial charge is 0.492 e. The first-order valence-electron chi connectivity index (χ1n) is 3.54. The fraction of sp³-hybridized carbons (Fsp3) is 0.125. The summed E-state index contributed by atoms with van der Waals surface area (Å²) in [7, 11) is 0. The molecule has 0 unspecified atom stereocenters. The second-order valence-corrected chi connectivity index (χ2v) is 4.76. The monoisotopic (exact) mass is 321 g/mol. The number of pyridine rings is 1. The molecule has 0 saturated carbocycles. The van der Waals surface area contributed by atoms with Crippen LogP contribution in [0.5, 0.6) is 5.88 Å². The maximum atomic E-state index is 9.47. The first-order chi connectivity index (χ1) is 6.24. The Morgan fingerprint density at radius 2 is 2.31 bits per heavy atom. The van der Waals surface area contributed by atoms with Crippen molar-refractivity contribution in [2.24, 2.45) is 0 Å². The molecule has 0 aromatic carbocycles. The number of alkyl halides is 1. The van der Waals surface area contributed by atoms with Crippen LogP contribution in [0.2, 0.25) is 0 Å². The second kappa shape index (κ2) is 3.55. The molecule has 0 atom stereocenters. The Morgan fingerprint density at radius 1 is 1.54 bits per heavy atom. The number of halogens is 2. The molecule has 13 heavy (non-hydrogen) atoms. The minimum atomic E-state index is 0.0559. The summed E-state index contributed by atoms with van der Waals surface area (Å²) < 4.78 is 1.79. The third kappa shape index (κ3) is 1.49. The zero-order valence-corrected chi connectivity index (χ0v) is 10.4. The molecule has 68 valence electrons. The summed E-state index contributed by atoms with van der Waals surface area (Å²) in [5, 5.41) is 13.1. The van der Waals surface area contributed by atoms with Crippen molar-refractivity contribution >= 4 is 53.3 Å². The van der Waals surface area contributed by atoms with E-state index in [1.54, 1.807) is 11.3 Å². The van der Waals surface area contributed by atoms with E-state index in [-0.39, 0.29) is 5.88 Å². The zero-order valence-electron chi connectivity index (χ0n) is 6.42. The number of fused-ring (bicyclic) bond motifs is 1. The maximum absolute atomic E-state index is 9.47. The average molecular weight is 323 g/mol. The lowest BCUT2D eigenvalue weighted by molar-refractivity contribution is 0.450. The van der Waals surface area contributed by atoms with Gasteiger partial charge in [-0.25, -0.2) is 4.98 Å². The van der Waals surface area contributed by atoms with Crippen molar-refractivity contribution in [2.75, 3.05) is 0 Å². The van der Waals surface area contributed by atoms with Crippen molar-refractivity contribution in [2.45, 2.75) is 5.33 Å². The van der Waals surface area contributed by atoms with E-state index in [0.29, 0.717) is 9.80 Å². The number of aromatic nitrogens is 1. The van der Waals surface area contributed by atoms with Crippen molar-refractivity contribution in [3.63, 3.8) is 0 Å². The molecule has 5 heteroatoms. The Morgan fingerprint density at radius 3 is 3.00 bits per heavy atom. The van der Waals surface area contributed by atoms with Gasteiger partial charge in [-0.05, 0) is 27.4 Å². The molecule has 2 rings (SSSR count). The van der Waals surface area contributed by atoms with Gasteiger partial charge in [-0.1, -0.05) is 15.9 Å². The van der Waals surface area contributed by atoms with Crippen LogP contribution < -0.4 is 0 Å². The van der Waals surface area contributed by atoms with E-state index in [4.69, 9.17) is 0 Å². The fourth-order valence-electron chi connectivity index (χ4n) is 1.14. The van der Waals surface area contributed by atoms with E-state index in [1.807, 2.05) is 11.4 Å². The second-order valence-electron chi connectivity index (χ2n) is 2.49. The van der Waals surface area contributed by atoms with Crippen LogP contribution in [-0.2, 0) is 5.33 Å². The van der Waals surface area contributed by atoms with Gasteiger partial charge >= 0.3 is 0 Å². The summed E-state index contributed by atoms with van der Waals surface area (Å²) in [4.78, 5) is 4.06. The minimum Gasteiger partial charge on any atom is -0.492 e. The van der Waals surface area contributed by atoms with E-state index in [9.17, 15) is 5.11 Å². The molecule has 0 aliphatic carbocycles. The van der Waals surface area contributed by atoms with Gasteiger partial charge in [0.1, 0.15) is 0 Å². The molecule has 2 aromatic heterocycles. The van der Waals surface area contributed by atoms with Crippen molar-refractivity contribution < 1.29 is 5.11 Å². The highest BCUT2D eigenvalue weighted by atomic mass is 79.9.